The fourth-order valence-corrected chi connectivity index (χ4v) is 3.89. The molecule has 166 valence electrons. The second kappa shape index (κ2) is 10.7. The Balaban J connectivity index is 1.33. The first-order valence-electron chi connectivity index (χ1n) is 10.3. The first-order chi connectivity index (χ1) is 14.8. The van der Waals surface area contributed by atoms with Gasteiger partial charge < -0.3 is 5.32 Å². The van der Waals surface area contributed by atoms with Crippen LogP contribution in [0.15, 0.2) is 54.6 Å². The van der Waals surface area contributed by atoms with Crippen molar-refractivity contribution in [2.75, 3.05) is 19.6 Å². The van der Waals surface area contributed by atoms with E-state index in [-0.39, 0.29) is 10.7 Å². The Morgan fingerprint density at radius 1 is 1.03 bits per heavy atom. The normalized spacial score (nSPS) is 15.5. The Morgan fingerprint density at radius 2 is 1.68 bits per heavy atom. The number of alkyl halides is 3. The molecule has 2 N–H and O–H groups in total. The molecule has 1 aliphatic heterocycles. The highest BCUT2D eigenvalue weighted by atomic mass is 32.1. The van der Waals surface area contributed by atoms with Crippen LogP contribution in [0.3, 0.4) is 0 Å². The van der Waals surface area contributed by atoms with Gasteiger partial charge in [-0.15, -0.1) is 0 Å². The molecule has 2 aromatic carbocycles. The maximum atomic E-state index is 12.6. The second-order valence-corrected chi connectivity index (χ2v) is 8.19. The molecule has 0 spiro atoms. The van der Waals surface area contributed by atoms with E-state index in [1.807, 2.05) is 6.07 Å². The highest BCUT2D eigenvalue weighted by molar-refractivity contribution is 7.80. The van der Waals surface area contributed by atoms with E-state index in [1.165, 1.54) is 5.56 Å². The van der Waals surface area contributed by atoms with Crippen molar-refractivity contribution >= 4 is 23.2 Å². The zero-order valence-corrected chi connectivity index (χ0v) is 17.9. The van der Waals surface area contributed by atoms with Crippen LogP contribution in [0.5, 0.6) is 0 Å². The molecule has 0 unspecified atom stereocenters. The van der Waals surface area contributed by atoms with Crippen LogP contribution in [-0.4, -0.2) is 35.6 Å². The largest absolute Gasteiger partial charge is 0.416 e. The molecule has 4 nitrogen and oxygen atoms in total. The molecule has 2 aromatic rings. The smallest absolute Gasteiger partial charge is 0.362 e. The lowest BCUT2D eigenvalue weighted by Gasteiger charge is -2.32. The van der Waals surface area contributed by atoms with E-state index in [0.29, 0.717) is 12.5 Å². The quantitative estimate of drug-likeness (QED) is 0.632. The van der Waals surface area contributed by atoms with Gasteiger partial charge >= 0.3 is 6.18 Å². The number of piperidine rings is 1. The lowest BCUT2D eigenvalue weighted by Crippen LogP contribution is -2.40. The molecule has 0 radical (unpaired) electrons. The van der Waals surface area contributed by atoms with Crippen LogP contribution in [-0.2, 0) is 12.7 Å². The van der Waals surface area contributed by atoms with Gasteiger partial charge in [-0.2, -0.15) is 13.2 Å². The van der Waals surface area contributed by atoms with Crippen molar-refractivity contribution in [3.05, 3.63) is 71.3 Å². The number of hydrogen-bond donors (Lipinski definition) is 2. The van der Waals surface area contributed by atoms with Crippen molar-refractivity contribution in [2.45, 2.75) is 32.0 Å². The number of benzene rings is 2. The SMILES string of the molecule is O=C(NC(=S)NCCC1CCN(Cc2ccccc2)CC1)c1ccc(C(F)(F)F)cc1. The van der Waals surface area contributed by atoms with Gasteiger partial charge in [0.2, 0.25) is 0 Å². The van der Waals surface area contributed by atoms with Crippen LogP contribution in [0.25, 0.3) is 0 Å². The van der Waals surface area contributed by atoms with Crippen molar-refractivity contribution in [3.8, 4) is 0 Å². The molecule has 3 rings (SSSR count). The molecule has 0 atom stereocenters. The molecule has 0 aromatic heterocycles. The monoisotopic (exact) mass is 449 g/mol. The predicted octanol–water partition coefficient (Wildman–Crippen LogP) is 4.61. The van der Waals surface area contributed by atoms with Crippen LogP contribution < -0.4 is 10.6 Å². The Bertz CT molecular complexity index is 864. The molecular weight excluding hydrogens is 423 g/mol. The molecule has 1 fully saturated rings. The van der Waals surface area contributed by atoms with Crippen molar-refractivity contribution in [2.24, 2.45) is 5.92 Å². The molecule has 0 saturated carbocycles. The highest BCUT2D eigenvalue weighted by Gasteiger charge is 2.30. The standard InChI is InChI=1S/C23H26F3N3OS/c24-23(25,26)20-8-6-19(7-9-20)21(30)28-22(31)27-13-10-17-11-14-29(15-12-17)16-18-4-2-1-3-5-18/h1-9,17H,10-16H2,(H2,27,28,30,31). The summed E-state index contributed by atoms with van der Waals surface area (Å²) in [7, 11) is 0. The van der Waals surface area contributed by atoms with Gasteiger partial charge in [-0.1, -0.05) is 30.3 Å². The first kappa shape index (κ1) is 23.2. The van der Waals surface area contributed by atoms with Gasteiger partial charge in [0, 0.05) is 18.7 Å². The van der Waals surface area contributed by atoms with Crippen LogP contribution in [0.2, 0.25) is 0 Å². The van der Waals surface area contributed by atoms with E-state index in [9.17, 15) is 18.0 Å². The molecule has 8 heteroatoms. The minimum Gasteiger partial charge on any atom is -0.362 e. The molecule has 1 heterocycles. The van der Waals surface area contributed by atoms with Crippen LogP contribution in [0, 0.1) is 5.92 Å². The number of rotatable bonds is 6. The maximum absolute atomic E-state index is 12.6. The van der Waals surface area contributed by atoms with E-state index in [4.69, 9.17) is 12.2 Å². The summed E-state index contributed by atoms with van der Waals surface area (Å²) < 4.78 is 37.8. The van der Waals surface area contributed by atoms with E-state index >= 15 is 0 Å². The fourth-order valence-electron chi connectivity index (χ4n) is 3.69. The summed E-state index contributed by atoms with van der Waals surface area (Å²) in [5, 5.41) is 5.73. The van der Waals surface area contributed by atoms with Crippen LogP contribution in [0.4, 0.5) is 13.2 Å². The highest BCUT2D eigenvalue weighted by Crippen LogP contribution is 2.29. The molecule has 1 amide bonds. The van der Waals surface area contributed by atoms with Gasteiger partial charge in [0.1, 0.15) is 0 Å². The zero-order chi connectivity index (χ0) is 22.3. The number of likely N-dealkylation sites (tertiary alicyclic amines) is 1. The Morgan fingerprint density at radius 3 is 2.29 bits per heavy atom. The summed E-state index contributed by atoms with van der Waals surface area (Å²) >= 11 is 5.14. The van der Waals surface area contributed by atoms with E-state index < -0.39 is 17.6 Å². The topological polar surface area (TPSA) is 44.4 Å². The van der Waals surface area contributed by atoms with Crippen LogP contribution in [0.1, 0.15) is 40.7 Å². The zero-order valence-electron chi connectivity index (χ0n) is 17.1. The average Bonchev–Trinajstić information content (AvgIpc) is 2.75. The van der Waals surface area contributed by atoms with Crippen molar-refractivity contribution in [3.63, 3.8) is 0 Å². The van der Waals surface area contributed by atoms with Crippen molar-refractivity contribution < 1.29 is 18.0 Å². The Hall–Kier alpha value is -2.45. The van der Waals surface area contributed by atoms with E-state index in [1.54, 1.807) is 0 Å². The third-order valence-corrected chi connectivity index (χ3v) is 5.74. The van der Waals surface area contributed by atoms with Gasteiger partial charge in [0.05, 0.1) is 5.56 Å². The van der Waals surface area contributed by atoms with Crippen molar-refractivity contribution in [1.29, 1.82) is 0 Å². The molecule has 0 bridgehead atoms. The number of nitrogens with one attached hydrogen (secondary N) is 2. The molecule has 1 saturated heterocycles. The van der Waals surface area contributed by atoms with Gasteiger partial charge in [-0.25, -0.2) is 0 Å². The number of nitrogens with zero attached hydrogens (tertiary/aromatic N) is 1. The van der Waals surface area contributed by atoms with E-state index in [2.05, 4.69) is 39.8 Å². The van der Waals surface area contributed by atoms with Gasteiger partial charge in [0.25, 0.3) is 5.91 Å². The summed E-state index contributed by atoms with van der Waals surface area (Å²) in [5.41, 5.74) is 0.666. The Labute approximate surface area is 185 Å². The average molecular weight is 450 g/mol. The number of hydrogen-bond acceptors (Lipinski definition) is 3. The molecule has 0 aliphatic carbocycles. The third kappa shape index (κ3) is 7.33. The fraction of sp³-hybridized carbons (Fsp3) is 0.391. The number of carbonyl (C=O) groups is 1. The lowest BCUT2D eigenvalue weighted by atomic mass is 9.93. The maximum Gasteiger partial charge on any atom is 0.416 e. The minimum atomic E-state index is -4.43. The lowest BCUT2D eigenvalue weighted by molar-refractivity contribution is -0.137. The van der Waals surface area contributed by atoms with Crippen molar-refractivity contribution in [1.82, 2.24) is 15.5 Å². The number of thiocarbonyl (C=S) groups is 1. The molecule has 1 aliphatic rings. The van der Waals surface area contributed by atoms with Gasteiger partial charge in [0.15, 0.2) is 5.11 Å². The third-order valence-electron chi connectivity index (χ3n) is 5.50. The second-order valence-electron chi connectivity index (χ2n) is 7.78. The Kier molecular flexibility index (Phi) is 8.03. The number of amides is 1. The van der Waals surface area contributed by atoms with Crippen LogP contribution >= 0.6 is 12.2 Å². The van der Waals surface area contributed by atoms with E-state index in [0.717, 1.165) is 63.2 Å². The summed E-state index contributed by atoms with van der Waals surface area (Å²) in [6.07, 6.45) is -1.22. The summed E-state index contributed by atoms with van der Waals surface area (Å²) in [6.45, 7) is 3.75. The molecular formula is C23H26F3N3OS. The number of halogens is 3. The first-order valence-corrected chi connectivity index (χ1v) is 10.7. The minimum absolute atomic E-state index is 0.128. The summed E-state index contributed by atoms with van der Waals surface area (Å²) in [4.78, 5) is 14.6. The van der Waals surface area contributed by atoms with Gasteiger partial charge in [-0.3, -0.25) is 15.0 Å². The van der Waals surface area contributed by atoms with Gasteiger partial charge in [-0.05, 0) is 80.3 Å². The predicted molar refractivity (Wildman–Crippen MR) is 119 cm³/mol. The molecule has 31 heavy (non-hydrogen) atoms. The summed E-state index contributed by atoms with van der Waals surface area (Å²) in [6, 6.07) is 14.5. The number of carbonyl (C=O) groups excluding carboxylic acids is 1. The summed E-state index contributed by atoms with van der Waals surface area (Å²) in [5.74, 6) is 0.0772.